The van der Waals surface area contributed by atoms with Crippen molar-refractivity contribution in [1.82, 2.24) is 9.78 Å². The summed E-state index contributed by atoms with van der Waals surface area (Å²) >= 11 is 0. The molecule has 78 valence electrons. The second-order valence-electron chi connectivity index (χ2n) is 3.77. The van der Waals surface area contributed by atoms with E-state index in [1.165, 1.54) is 0 Å². The molecule has 0 spiro atoms. The van der Waals surface area contributed by atoms with Crippen molar-refractivity contribution in [2.75, 3.05) is 0 Å². The van der Waals surface area contributed by atoms with E-state index in [0.29, 0.717) is 0 Å². The predicted octanol–water partition coefficient (Wildman–Crippen LogP) is 1.90. The maximum atomic E-state index is 5.71. The summed E-state index contributed by atoms with van der Waals surface area (Å²) in [5.74, 6) is 0. The fraction of sp³-hybridized carbons (Fsp3) is 0.250. The van der Waals surface area contributed by atoms with Crippen molar-refractivity contribution in [1.29, 1.82) is 0 Å². The molecule has 0 saturated carbocycles. The Hall–Kier alpha value is -1.61. The first kappa shape index (κ1) is 9.93. The first-order chi connectivity index (χ1) is 7.25. The molecule has 2 rings (SSSR count). The average molecular weight is 201 g/mol. The summed E-state index contributed by atoms with van der Waals surface area (Å²) in [5.41, 5.74) is 7.85. The van der Waals surface area contributed by atoms with Gasteiger partial charge in [-0.05, 0) is 13.0 Å². The molecule has 0 saturated heterocycles. The van der Waals surface area contributed by atoms with Crippen LogP contribution in [0, 0.1) is 0 Å². The molecule has 2 aromatic rings. The predicted molar refractivity (Wildman–Crippen MR) is 61.3 cm³/mol. The molecule has 3 heteroatoms. The van der Waals surface area contributed by atoms with Gasteiger partial charge in [0.1, 0.15) is 0 Å². The number of nitrogens with zero attached hydrogens (tertiary/aromatic N) is 2. The highest BCUT2D eigenvalue weighted by Crippen LogP contribution is 2.15. The summed E-state index contributed by atoms with van der Waals surface area (Å²) in [6.45, 7) is 2.73. The van der Waals surface area contributed by atoms with Crippen molar-refractivity contribution in [2.45, 2.75) is 19.5 Å². The molecule has 1 atom stereocenters. The zero-order chi connectivity index (χ0) is 10.7. The second kappa shape index (κ2) is 4.28. The lowest BCUT2D eigenvalue weighted by atomic mass is 10.2. The standard InChI is InChI=1S/C12H15N3/c1-10(13)9-15-8-7-12(14-15)11-5-3-2-4-6-11/h2-8,10H,9,13H2,1H3/t10-/m1/s1. The average Bonchev–Trinajstić information content (AvgIpc) is 2.67. The van der Waals surface area contributed by atoms with Gasteiger partial charge in [-0.15, -0.1) is 0 Å². The molecule has 1 heterocycles. The first-order valence-electron chi connectivity index (χ1n) is 5.10. The molecule has 0 amide bonds. The van der Waals surface area contributed by atoms with E-state index in [0.717, 1.165) is 17.8 Å². The van der Waals surface area contributed by atoms with Crippen molar-refractivity contribution in [3.63, 3.8) is 0 Å². The third-order valence-electron chi connectivity index (χ3n) is 2.19. The summed E-state index contributed by atoms with van der Waals surface area (Å²) in [5, 5.41) is 4.46. The van der Waals surface area contributed by atoms with Gasteiger partial charge in [-0.3, -0.25) is 4.68 Å². The van der Waals surface area contributed by atoms with E-state index in [-0.39, 0.29) is 6.04 Å². The van der Waals surface area contributed by atoms with E-state index in [9.17, 15) is 0 Å². The molecule has 1 aromatic heterocycles. The highest BCUT2D eigenvalue weighted by molar-refractivity contribution is 5.57. The summed E-state index contributed by atoms with van der Waals surface area (Å²) < 4.78 is 1.88. The molecule has 0 bridgehead atoms. The highest BCUT2D eigenvalue weighted by Gasteiger charge is 2.02. The molecule has 1 aromatic carbocycles. The molecule has 0 unspecified atom stereocenters. The van der Waals surface area contributed by atoms with Gasteiger partial charge in [-0.1, -0.05) is 30.3 Å². The molecular formula is C12H15N3. The summed E-state index contributed by atoms with van der Waals surface area (Å²) in [7, 11) is 0. The SMILES string of the molecule is C[C@@H](N)Cn1ccc(-c2ccccc2)n1. The van der Waals surface area contributed by atoms with Crippen molar-refractivity contribution in [3.05, 3.63) is 42.6 Å². The van der Waals surface area contributed by atoms with Gasteiger partial charge in [0, 0.05) is 17.8 Å². The van der Waals surface area contributed by atoms with Gasteiger partial charge in [0.2, 0.25) is 0 Å². The van der Waals surface area contributed by atoms with Crippen LogP contribution >= 0.6 is 0 Å². The Labute approximate surface area is 89.5 Å². The van der Waals surface area contributed by atoms with Crippen LogP contribution in [-0.4, -0.2) is 15.8 Å². The Bertz CT molecular complexity index is 417. The Morgan fingerprint density at radius 2 is 2.00 bits per heavy atom. The fourth-order valence-corrected chi connectivity index (χ4v) is 1.52. The Balaban J connectivity index is 2.21. The van der Waals surface area contributed by atoms with Crippen LogP contribution in [0.2, 0.25) is 0 Å². The van der Waals surface area contributed by atoms with Crippen molar-refractivity contribution in [2.24, 2.45) is 5.73 Å². The van der Waals surface area contributed by atoms with Gasteiger partial charge in [-0.25, -0.2) is 0 Å². The molecule has 0 fully saturated rings. The van der Waals surface area contributed by atoms with E-state index in [4.69, 9.17) is 5.73 Å². The minimum atomic E-state index is 0.133. The van der Waals surface area contributed by atoms with Crippen molar-refractivity contribution < 1.29 is 0 Å². The number of rotatable bonds is 3. The van der Waals surface area contributed by atoms with Gasteiger partial charge in [0.05, 0.1) is 12.2 Å². The lowest BCUT2D eigenvalue weighted by Gasteiger charge is -2.04. The van der Waals surface area contributed by atoms with Crippen LogP contribution in [0.15, 0.2) is 42.6 Å². The first-order valence-corrected chi connectivity index (χ1v) is 5.10. The minimum absolute atomic E-state index is 0.133. The lowest BCUT2D eigenvalue weighted by Crippen LogP contribution is -2.22. The minimum Gasteiger partial charge on any atom is -0.326 e. The smallest absolute Gasteiger partial charge is 0.0923 e. The number of aromatic nitrogens is 2. The van der Waals surface area contributed by atoms with Crippen LogP contribution < -0.4 is 5.73 Å². The number of hydrogen-bond acceptors (Lipinski definition) is 2. The summed E-state index contributed by atoms with van der Waals surface area (Å²) in [6, 6.07) is 12.3. The highest BCUT2D eigenvalue weighted by atomic mass is 15.3. The van der Waals surface area contributed by atoms with Gasteiger partial charge >= 0.3 is 0 Å². The molecule has 0 aliphatic carbocycles. The summed E-state index contributed by atoms with van der Waals surface area (Å²) in [4.78, 5) is 0. The normalized spacial score (nSPS) is 12.7. The zero-order valence-corrected chi connectivity index (χ0v) is 8.80. The maximum Gasteiger partial charge on any atom is 0.0923 e. The number of benzene rings is 1. The van der Waals surface area contributed by atoms with Gasteiger partial charge < -0.3 is 5.73 Å². The Kier molecular flexibility index (Phi) is 2.83. The summed E-state index contributed by atoms with van der Waals surface area (Å²) in [6.07, 6.45) is 1.96. The monoisotopic (exact) mass is 201 g/mol. The number of hydrogen-bond donors (Lipinski definition) is 1. The molecule has 0 aliphatic rings. The van der Waals surface area contributed by atoms with Crippen LogP contribution in [-0.2, 0) is 6.54 Å². The third kappa shape index (κ3) is 2.44. The fourth-order valence-electron chi connectivity index (χ4n) is 1.52. The van der Waals surface area contributed by atoms with Gasteiger partial charge in [0.25, 0.3) is 0 Å². The van der Waals surface area contributed by atoms with E-state index >= 15 is 0 Å². The van der Waals surface area contributed by atoms with Gasteiger partial charge in [-0.2, -0.15) is 5.10 Å². The molecular weight excluding hydrogens is 186 g/mol. The topological polar surface area (TPSA) is 43.8 Å². The van der Waals surface area contributed by atoms with Crippen LogP contribution in [0.25, 0.3) is 11.3 Å². The van der Waals surface area contributed by atoms with Crippen molar-refractivity contribution >= 4 is 0 Å². The molecule has 3 nitrogen and oxygen atoms in total. The van der Waals surface area contributed by atoms with E-state index < -0.39 is 0 Å². The van der Waals surface area contributed by atoms with Gasteiger partial charge in [0.15, 0.2) is 0 Å². The zero-order valence-electron chi connectivity index (χ0n) is 8.80. The third-order valence-corrected chi connectivity index (χ3v) is 2.19. The van der Waals surface area contributed by atoms with Crippen LogP contribution in [0.3, 0.4) is 0 Å². The molecule has 2 N–H and O–H groups in total. The van der Waals surface area contributed by atoms with Crippen molar-refractivity contribution in [3.8, 4) is 11.3 Å². The lowest BCUT2D eigenvalue weighted by molar-refractivity contribution is 0.540. The second-order valence-corrected chi connectivity index (χ2v) is 3.77. The van der Waals surface area contributed by atoms with E-state index in [1.807, 2.05) is 42.1 Å². The molecule has 0 radical (unpaired) electrons. The molecule has 0 aliphatic heterocycles. The molecule has 15 heavy (non-hydrogen) atoms. The van der Waals surface area contributed by atoms with E-state index in [1.54, 1.807) is 0 Å². The van der Waals surface area contributed by atoms with Crippen LogP contribution in [0.5, 0.6) is 0 Å². The van der Waals surface area contributed by atoms with Crippen LogP contribution in [0.1, 0.15) is 6.92 Å². The number of nitrogens with two attached hydrogens (primary N) is 1. The Morgan fingerprint density at radius 3 is 2.67 bits per heavy atom. The largest absolute Gasteiger partial charge is 0.326 e. The van der Waals surface area contributed by atoms with Crippen LogP contribution in [0.4, 0.5) is 0 Å². The van der Waals surface area contributed by atoms with E-state index in [2.05, 4.69) is 17.2 Å². The quantitative estimate of drug-likeness (QED) is 0.824. The Morgan fingerprint density at radius 1 is 1.27 bits per heavy atom. The maximum absolute atomic E-state index is 5.71.